The molecule has 84 valence electrons. The van der Waals surface area contributed by atoms with Gasteiger partial charge >= 0.3 is 0 Å². The number of primary amides is 1. The number of nitrogen functional groups attached to an aromatic ring is 1. The summed E-state index contributed by atoms with van der Waals surface area (Å²) >= 11 is 0. The Morgan fingerprint density at radius 2 is 2.31 bits per heavy atom. The summed E-state index contributed by atoms with van der Waals surface area (Å²) in [6.45, 7) is 0. The van der Waals surface area contributed by atoms with Gasteiger partial charge in [-0.3, -0.25) is 4.79 Å². The number of anilines is 1. The molecule has 0 spiro atoms. The molecular weight excluding hydrogens is 206 g/mol. The van der Waals surface area contributed by atoms with Gasteiger partial charge in [-0.15, -0.1) is 0 Å². The molecule has 2 atom stereocenters. The molecule has 1 aromatic carbocycles. The van der Waals surface area contributed by atoms with Crippen LogP contribution in [-0.4, -0.2) is 17.3 Å². The van der Waals surface area contributed by atoms with Gasteiger partial charge in [-0.2, -0.15) is 0 Å². The number of benzene rings is 1. The maximum absolute atomic E-state index is 11.0. The van der Waals surface area contributed by atoms with Crippen LogP contribution in [0.4, 0.5) is 5.69 Å². The van der Waals surface area contributed by atoms with Crippen molar-refractivity contribution in [3.05, 3.63) is 29.3 Å². The Labute approximate surface area is 92.7 Å². The smallest absolute Gasteiger partial charge is 0.221 e. The van der Waals surface area contributed by atoms with Crippen LogP contribution in [0.1, 0.15) is 23.5 Å². The van der Waals surface area contributed by atoms with Crippen molar-refractivity contribution in [2.45, 2.75) is 12.3 Å². The summed E-state index contributed by atoms with van der Waals surface area (Å²) in [5, 5.41) is 11.6. The van der Waals surface area contributed by atoms with E-state index < -0.39 is 0 Å². The van der Waals surface area contributed by atoms with Gasteiger partial charge in [-0.25, -0.2) is 0 Å². The first-order chi connectivity index (χ1) is 7.65. The van der Waals surface area contributed by atoms with Gasteiger partial charge in [0.15, 0.2) is 0 Å². The van der Waals surface area contributed by atoms with E-state index in [2.05, 4.69) is 5.16 Å². The second-order valence-electron chi connectivity index (χ2n) is 3.95. The van der Waals surface area contributed by atoms with Crippen LogP contribution in [0.25, 0.3) is 0 Å². The average Bonchev–Trinajstić information content (AvgIpc) is 3.01. The lowest BCUT2D eigenvalue weighted by Gasteiger charge is -2.06. The molecule has 1 aliphatic rings. The second-order valence-corrected chi connectivity index (χ2v) is 3.95. The van der Waals surface area contributed by atoms with Crippen LogP contribution in [0, 0.1) is 5.92 Å². The van der Waals surface area contributed by atoms with Crippen LogP contribution >= 0.6 is 0 Å². The lowest BCUT2D eigenvalue weighted by molar-refractivity contribution is -0.119. The third-order valence-corrected chi connectivity index (χ3v) is 2.92. The first-order valence-corrected chi connectivity index (χ1v) is 5.00. The topological polar surface area (TPSA) is 102 Å². The first kappa shape index (κ1) is 10.5. The van der Waals surface area contributed by atoms with E-state index in [4.69, 9.17) is 16.7 Å². The Balaban J connectivity index is 2.35. The SMILES string of the molecule is NC(=O)[C@@H]1C[C@@H]1c1cccc(N)c1C=NO. The molecule has 1 aliphatic carbocycles. The highest BCUT2D eigenvalue weighted by molar-refractivity contribution is 5.90. The molecule has 1 saturated carbocycles. The Kier molecular flexibility index (Phi) is 2.52. The van der Waals surface area contributed by atoms with E-state index in [1.165, 1.54) is 6.21 Å². The van der Waals surface area contributed by atoms with Gasteiger partial charge in [-0.05, 0) is 24.0 Å². The molecule has 0 aromatic heterocycles. The molecular formula is C11H13N3O2. The minimum atomic E-state index is -0.292. The molecule has 1 fully saturated rings. The molecule has 5 nitrogen and oxygen atoms in total. The summed E-state index contributed by atoms with van der Waals surface area (Å²) in [5.41, 5.74) is 13.1. The number of nitrogens with two attached hydrogens (primary N) is 2. The lowest BCUT2D eigenvalue weighted by atomic mass is 10.0. The maximum Gasteiger partial charge on any atom is 0.221 e. The van der Waals surface area contributed by atoms with E-state index in [0.29, 0.717) is 11.3 Å². The summed E-state index contributed by atoms with van der Waals surface area (Å²) < 4.78 is 0. The van der Waals surface area contributed by atoms with E-state index in [1.54, 1.807) is 6.07 Å². The standard InChI is InChI=1S/C11H13N3O2/c12-10-3-1-2-6(9(10)5-14-16)7-4-8(7)11(13)15/h1-3,5,7-8,16H,4,12H2,(H2,13,15)/t7-,8-/m1/s1. The summed E-state index contributed by atoms with van der Waals surface area (Å²) in [5.74, 6) is -0.305. The highest BCUT2D eigenvalue weighted by atomic mass is 16.4. The Bertz CT molecular complexity index is 457. The summed E-state index contributed by atoms with van der Waals surface area (Å²) in [4.78, 5) is 11.0. The highest BCUT2D eigenvalue weighted by Crippen LogP contribution is 2.48. The molecule has 1 aromatic rings. The Morgan fingerprint density at radius 1 is 1.56 bits per heavy atom. The molecule has 0 heterocycles. The number of carbonyl (C=O) groups excluding carboxylic acids is 1. The third-order valence-electron chi connectivity index (χ3n) is 2.92. The molecule has 0 radical (unpaired) electrons. The molecule has 2 rings (SSSR count). The fourth-order valence-corrected chi connectivity index (χ4v) is 1.98. The van der Waals surface area contributed by atoms with Crippen molar-refractivity contribution < 1.29 is 10.0 Å². The molecule has 5 heteroatoms. The van der Waals surface area contributed by atoms with E-state index >= 15 is 0 Å². The largest absolute Gasteiger partial charge is 0.411 e. The van der Waals surface area contributed by atoms with E-state index in [-0.39, 0.29) is 17.7 Å². The fourth-order valence-electron chi connectivity index (χ4n) is 1.98. The molecule has 0 bridgehead atoms. The minimum absolute atomic E-state index is 0.106. The fraction of sp³-hybridized carbons (Fsp3) is 0.273. The number of rotatable bonds is 3. The highest BCUT2D eigenvalue weighted by Gasteiger charge is 2.43. The molecule has 0 unspecified atom stereocenters. The second kappa shape index (κ2) is 3.84. The summed E-state index contributed by atoms with van der Waals surface area (Å²) in [6.07, 6.45) is 2.03. The first-order valence-electron chi connectivity index (χ1n) is 5.00. The van der Waals surface area contributed by atoms with Crippen molar-refractivity contribution in [3.8, 4) is 0 Å². The predicted octanol–water partition coefficient (Wildman–Crippen LogP) is 0.666. The van der Waals surface area contributed by atoms with E-state index in [0.717, 1.165) is 12.0 Å². The normalized spacial score (nSPS) is 23.5. The zero-order chi connectivity index (χ0) is 11.7. The van der Waals surface area contributed by atoms with Crippen LogP contribution in [0.15, 0.2) is 23.4 Å². The maximum atomic E-state index is 11.0. The number of hydrogen-bond donors (Lipinski definition) is 3. The Morgan fingerprint density at radius 3 is 2.88 bits per heavy atom. The molecule has 5 N–H and O–H groups in total. The van der Waals surface area contributed by atoms with Crippen molar-refractivity contribution in [1.29, 1.82) is 0 Å². The van der Waals surface area contributed by atoms with Crippen LogP contribution in [0.5, 0.6) is 0 Å². The molecule has 1 amide bonds. The number of amides is 1. The summed E-state index contributed by atoms with van der Waals surface area (Å²) in [6, 6.07) is 5.42. The van der Waals surface area contributed by atoms with Gasteiger partial charge in [0.25, 0.3) is 0 Å². The minimum Gasteiger partial charge on any atom is -0.411 e. The van der Waals surface area contributed by atoms with E-state index in [9.17, 15) is 4.79 Å². The van der Waals surface area contributed by atoms with Crippen LogP contribution in [-0.2, 0) is 4.79 Å². The van der Waals surface area contributed by atoms with Crippen molar-refractivity contribution in [2.75, 3.05) is 5.73 Å². The van der Waals surface area contributed by atoms with E-state index in [1.807, 2.05) is 12.1 Å². The quantitative estimate of drug-likeness (QED) is 0.301. The van der Waals surface area contributed by atoms with Crippen LogP contribution in [0.2, 0.25) is 0 Å². The molecule has 0 aliphatic heterocycles. The van der Waals surface area contributed by atoms with Gasteiger partial charge in [-0.1, -0.05) is 17.3 Å². The van der Waals surface area contributed by atoms with Gasteiger partial charge in [0.2, 0.25) is 5.91 Å². The summed E-state index contributed by atoms with van der Waals surface area (Å²) in [7, 11) is 0. The van der Waals surface area contributed by atoms with Gasteiger partial charge < -0.3 is 16.7 Å². The van der Waals surface area contributed by atoms with Crippen molar-refractivity contribution >= 4 is 17.8 Å². The lowest BCUT2D eigenvalue weighted by Crippen LogP contribution is -2.14. The average molecular weight is 219 g/mol. The number of hydrogen-bond acceptors (Lipinski definition) is 4. The molecule has 0 saturated heterocycles. The number of oxime groups is 1. The van der Waals surface area contributed by atoms with Crippen molar-refractivity contribution in [1.82, 2.24) is 0 Å². The van der Waals surface area contributed by atoms with Crippen molar-refractivity contribution in [2.24, 2.45) is 16.8 Å². The Hall–Kier alpha value is -2.04. The third kappa shape index (κ3) is 1.71. The monoisotopic (exact) mass is 219 g/mol. The zero-order valence-corrected chi connectivity index (χ0v) is 8.63. The number of nitrogens with zero attached hydrogens (tertiary/aromatic N) is 1. The van der Waals surface area contributed by atoms with Gasteiger partial charge in [0, 0.05) is 17.2 Å². The molecule has 16 heavy (non-hydrogen) atoms. The van der Waals surface area contributed by atoms with Gasteiger partial charge in [0.05, 0.1) is 6.21 Å². The zero-order valence-electron chi connectivity index (χ0n) is 8.63. The predicted molar refractivity (Wildman–Crippen MR) is 60.3 cm³/mol. The van der Waals surface area contributed by atoms with Crippen LogP contribution < -0.4 is 11.5 Å². The number of carbonyl (C=O) groups is 1. The van der Waals surface area contributed by atoms with Crippen LogP contribution in [0.3, 0.4) is 0 Å². The van der Waals surface area contributed by atoms with Crippen molar-refractivity contribution in [3.63, 3.8) is 0 Å². The van der Waals surface area contributed by atoms with Gasteiger partial charge in [0.1, 0.15) is 0 Å².